The summed E-state index contributed by atoms with van der Waals surface area (Å²) in [4.78, 5) is 11.7. The fraction of sp³-hybridized carbons (Fsp3) is 0.0625. The van der Waals surface area contributed by atoms with Gasteiger partial charge >= 0.3 is 0 Å². The Morgan fingerprint density at radius 2 is 1.85 bits per heavy atom. The van der Waals surface area contributed by atoms with Crippen LogP contribution >= 0.6 is 15.9 Å². The van der Waals surface area contributed by atoms with Crippen LogP contribution in [0, 0.1) is 0 Å². The molecule has 3 nitrogen and oxygen atoms in total. The van der Waals surface area contributed by atoms with E-state index in [4.69, 9.17) is 9.15 Å². The minimum absolute atomic E-state index is 0.0680. The highest BCUT2D eigenvalue weighted by molar-refractivity contribution is 9.10. The predicted octanol–water partition coefficient (Wildman–Crippen LogP) is 4.13. The van der Waals surface area contributed by atoms with Crippen LogP contribution < -0.4 is 10.2 Å². The van der Waals surface area contributed by atoms with Crippen LogP contribution in [-0.2, 0) is 6.61 Å². The standard InChI is InChI=1S/C16H11BrO3/c17-15-14(20-10-11-4-2-1-3-5-11)7-6-12-13(18)8-9-19-16(12)15/h1-9H,10H2. The first-order valence-corrected chi connectivity index (χ1v) is 6.92. The molecule has 3 rings (SSSR count). The summed E-state index contributed by atoms with van der Waals surface area (Å²) in [7, 11) is 0. The second-order valence-corrected chi connectivity index (χ2v) is 5.11. The van der Waals surface area contributed by atoms with Crippen molar-refractivity contribution in [2.75, 3.05) is 0 Å². The largest absolute Gasteiger partial charge is 0.488 e. The van der Waals surface area contributed by atoms with E-state index in [1.807, 2.05) is 30.3 Å². The maximum absolute atomic E-state index is 11.7. The Labute approximate surface area is 123 Å². The van der Waals surface area contributed by atoms with E-state index in [9.17, 15) is 4.79 Å². The number of benzene rings is 2. The van der Waals surface area contributed by atoms with Crippen molar-refractivity contribution < 1.29 is 9.15 Å². The lowest BCUT2D eigenvalue weighted by atomic mass is 10.2. The maximum atomic E-state index is 11.7. The van der Waals surface area contributed by atoms with Gasteiger partial charge in [-0.05, 0) is 33.6 Å². The van der Waals surface area contributed by atoms with Crippen LogP contribution in [0.4, 0.5) is 0 Å². The molecule has 0 spiro atoms. The Balaban J connectivity index is 1.93. The highest BCUT2D eigenvalue weighted by Crippen LogP contribution is 2.32. The summed E-state index contributed by atoms with van der Waals surface area (Å²) in [5.74, 6) is 0.649. The smallest absolute Gasteiger partial charge is 0.192 e. The van der Waals surface area contributed by atoms with Gasteiger partial charge in [-0.15, -0.1) is 0 Å². The SMILES string of the molecule is O=c1ccoc2c(Br)c(OCc3ccccc3)ccc12. The number of hydrogen-bond donors (Lipinski definition) is 0. The molecule has 20 heavy (non-hydrogen) atoms. The Kier molecular flexibility index (Phi) is 3.56. The average Bonchev–Trinajstić information content (AvgIpc) is 2.48. The monoisotopic (exact) mass is 330 g/mol. The number of ether oxygens (including phenoxy) is 1. The van der Waals surface area contributed by atoms with Crippen LogP contribution in [-0.4, -0.2) is 0 Å². The Morgan fingerprint density at radius 3 is 2.65 bits per heavy atom. The molecular weight excluding hydrogens is 320 g/mol. The van der Waals surface area contributed by atoms with E-state index in [0.29, 0.717) is 27.8 Å². The van der Waals surface area contributed by atoms with Gasteiger partial charge in [0.15, 0.2) is 11.0 Å². The second-order valence-electron chi connectivity index (χ2n) is 4.31. The van der Waals surface area contributed by atoms with Gasteiger partial charge in [-0.2, -0.15) is 0 Å². The third-order valence-corrected chi connectivity index (χ3v) is 3.72. The van der Waals surface area contributed by atoms with Crippen molar-refractivity contribution in [3.63, 3.8) is 0 Å². The summed E-state index contributed by atoms with van der Waals surface area (Å²) in [5.41, 5.74) is 1.51. The van der Waals surface area contributed by atoms with Gasteiger partial charge in [0, 0.05) is 6.07 Å². The first-order valence-electron chi connectivity index (χ1n) is 6.12. The van der Waals surface area contributed by atoms with E-state index in [-0.39, 0.29) is 5.43 Å². The van der Waals surface area contributed by atoms with Gasteiger partial charge in [0.25, 0.3) is 0 Å². The molecule has 0 aliphatic rings. The van der Waals surface area contributed by atoms with E-state index < -0.39 is 0 Å². The van der Waals surface area contributed by atoms with Crippen LogP contribution in [0.3, 0.4) is 0 Å². The first-order chi connectivity index (χ1) is 9.75. The lowest BCUT2D eigenvalue weighted by molar-refractivity contribution is 0.304. The third-order valence-electron chi connectivity index (χ3n) is 2.97. The molecule has 0 unspecified atom stereocenters. The molecule has 1 aromatic heterocycles. The molecule has 0 saturated carbocycles. The highest BCUT2D eigenvalue weighted by atomic mass is 79.9. The molecule has 0 aliphatic carbocycles. The molecule has 4 heteroatoms. The summed E-state index contributed by atoms with van der Waals surface area (Å²) in [6.07, 6.45) is 1.39. The zero-order valence-corrected chi connectivity index (χ0v) is 12.1. The second kappa shape index (κ2) is 5.51. The molecule has 2 aromatic carbocycles. The van der Waals surface area contributed by atoms with Crippen molar-refractivity contribution in [1.82, 2.24) is 0 Å². The Bertz CT molecular complexity index is 794. The van der Waals surface area contributed by atoms with Gasteiger partial charge in [-0.25, -0.2) is 0 Å². The van der Waals surface area contributed by atoms with Crippen molar-refractivity contribution >= 4 is 26.9 Å². The van der Waals surface area contributed by atoms with Crippen molar-refractivity contribution in [3.8, 4) is 5.75 Å². The van der Waals surface area contributed by atoms with Crippen LogP contribution in [0.2, 0.25) is 0 Å². The van der Waals surface area contributed by atoms with Gasteiger partial charge in [-0.1, -0.05) is 30.3 Å². The fourth-order valence-corrected chi connectivity index (χ4v) is 2.50. The van der Waals surface area contributed by atoms with Crippen molar-refractivity contribution in [2.24, 2.45) is 0 Å². The quantitative estimate of drug-likeness (QED) is 0.724. The maximum Gasteiger partial charge on any atom is 0.192 e. The molecule has 0 amide bonds. The lowest BCUT2D eigenvalue weighted by Gasteiger charge is -2.09. The topological polar surface area (TPSA) is 39.4 Å². The first kappa shape index (κ1) is 12.9. The normalized spacial score (nSPS) is 10.7. The summed E-state index contributed by atoms with van der Waals surface area (Å²) in [6.45, 7) is 0.460. The van der Waals surface area contributed by atoms with Gasteiger partial charge in [0.1, 0.15) is 16.8 Å². The number of fused-ring (bicyclic) bond motifs is 1. The molecule has 0 saturated heterocycles. The van der Waals surface area contributed by atoms with E-state index in [0.717, 1.165) is 5.56 Å². The fourth-order valence-electron chi connectivity index (χ4n) is 1.95. The predicted molar refractivity (Wildman–Crippen MR) is 81.0 cm³/mol. The summed E-state index contributed by atoms with van der Waals surface area (Å²) >= 11 is 3.43. The number of rotatable bonds is 3. The van der Waals surface area contributed by atoms with Crippen LogP contribution in [0.1, 0.15) is 5.56 Å². The van der Waals surface area contributed by atoms with Gasteiger partial charge in [0.2, 0.25) is 0 Å². The number of halogens is 1. The zero-order valence-electron chi connectivity index (χ0n) is 10.5. The molecule has 100 valence electrons. The van der Waals surface area contributed by atoms with Crippen molar-refractivity contribution in [3.05, 3.63) is 75.1 Å². The summed E-state index contributed by atoms with van der Waals surface area (Å²) in [5, 5.41) is 0.534. The highest BCUT2D eigenvalue weighted by Gasteiger charge is 2.10. The van der Waals surface area contributed by atoms with Gasteiger partial charge in [-0.3, -0.25) is 4.79 Å². The van der Waals surface area contributed by atoms with Crippen LogP contribution in [0.5, 0.6) is 5.75 Å². The molecule has 3 aromatic rings. The molecule has 0 atom stereocenters. The van der Waals surface area contributed by atoms with E-state index in [1.54, 1.807) is 12.1 Å². The molecule has 0 N–H and O–H groups in total. The van der Waals surface area contributed by atoms with E-state index >= 15 is 0 Å². The summed E-state index contributed by atoms with van der Waals surface area (Å²) in [6, 6.07) is 14.8. The van der Waals surface area contributed by atoms with Crippen molar-refractivity contribution in [2.45, 2.75) is 6.61 Å². The van der Waals surface area contributed by atoms with Crippen LogP contribution in [0.15, 0.2) is 68.5 Å². The molecule has 0 aliphatic heterocycles. The minimum atomic E-state index is -0.0680. The summed E-state index contributed by atoms with van der Waals surface area (Å²) < 4.78 is 11.8. The molecule has 0 bridgehead atoms. The molecule has 0 fully saturated rings. The zero-order chi connectivity index (χ0) is 13.9. The molecule has 1 heterocycles. The lowest BCUT2D eigenvalue weighted by Crippen LogP contribution is -2.00. The van der Waals surface area contributed by atoms with Crippen molar-refractivity contribution in [1.29, 1.82) is 0 Å². The van der Waals surface area contributed by atoms with E-state index in [1.165, 1.54) is 12.3 Å². The number of hydrogen-bond acceptors (Lipinski definition) is 3. The Morgan fingerprint density at radius 1 is 1.05 bits per heavy atom. The molecular formula is C16H11BrO3. The van der Waals surface area contributed by atoms with Crippen LogP contribution in [0.25, 0.3) is 11.0 Å². The Hall–Kier alpha value is -2.07. The van der Waals surface area contributed by atoms with Gasteiger partial charge in [0.05, 0.1) is 11.6 Å². The minimum Gasteiger partial charge on any atom is -0.488 e. The molecule has 0 radical (unpaired) electrons. The third kappa shape index (κ3) is 2.47. The van der Waals surface area contributed by atoms with E-state index in [2.05, 4.69) is 15.9 Å². The average molecular weight is 331 g/mol. The van der Waals surface area contributed by atoms with Gasteiger partial charge < -0.3 is 9.15 Å².